The van der Waals surface area contributed by atoms with Gasteiger partial charge in [-0.25, -0.2) is 9.59 Å². The van der Waals surface area contributed by atoms with E-state index in [-0.39, 0.29) is 0 Å². The highest BCUT2D eigenvalue weighted by Crippen LogP contribution is 2.27. The molecule has 0 aliphatic carbocycles. The van der Waals surface area contributed by atoms with Crippen molar-refractivity contribution >= 4 is 17.8 Å². The highest BCUT2D eigenvalue weighted by Gasteiger charge is 2.12. The lowest BCUT2D eigenvalue weighted by Gasteiger charge is -2.11. The van der Waals surface area contributed by atoms with Crippen molar-refractivity contribution in [3.8, 4) is 0 Å². The first-order valence-corrected chi connectivity index (χ1v) is 5.65. The van der Waals surface area contributed by atoms with Crippen molar-refractivity contribution in [3.63, 3.8) is 0 Å². The van der Waals surface area contributed by atoms with Gasteiger partial charge < -0.3 is 0 Å². The number of hydrogen-bond donors (Lipinski definition) is 0. The summed E-state index contributed by atoms with van der Waals surface area (Å²) >= 11 is 0. The predicted octanol–water partition coefficient (Wildman–Crippen LogP) is 3.08. The third-order valence-corrected chi connectivity index (χ3v) is 2.68. The molecule has 2 aromatic rings. The molecule has 4 heteroatoms. The highest BCUT2D eigenvalue weighted by atomic mass is 16.1. The van der Waals surface area contributed by atoms with E-state index in [4.69, 9.17) is 0 Å². The summed E-state index contributed by atoms with van der Waals surface area (Å²) in [5.41, 5.74) is 2.25. The van der Waals surface area contributed by atoms with E-state index < -0.39 is 6.04 Å². The van der Waals surface area contributed by atoms with Gasteiger partial charge in [0.2, 0.25) is 12.2 Å². The molecule has 0 fully saturated rings. The van der Waals surface area contributed by atoms with Gasteiger partial charge in [0.15, 0.2) is 0 Å². The third kappa shape index (κ3) is 3.11. The van der Waals surface area contributed by atoms with Gasteiger partial charge in [0.25, 0.3) is 0 Å². The number of rotatable bonds is 4. The van der Waals surface area contributed by atoms with E-state index in [0.29, 0.717) is 5.69 Å². The summed E-state index contributed by atoms with van der Waals surface area (Å²) in [6.45, 7) is 0. The van der Waals surface area contributed by atoms with E-state index in [2.05, 4.69) is 9.98 Å². The molecule has 0 aliphatic rings. The summed E-state index contributed by atoms with van der Waals surface area (Å²) < 4.78 is 0. The maximum Gasteiger partial charge on any atom is 0.240 e. The zero-order chi connectivity index (χ0) is 13.5. The van der Waals surface area contributed by atoms with Gasteiger partial charge in [0.1, 0.15) is 6.04 Å². The van der Waals surface area contributed by atoms with Gasteiger partial charge in [-0.05, 0) is 23.3 Å². The summed E-state index contributed by atoms with van der Waals surface area (Å²) in [5, 5.41) is 0. The van der Waals surface area contributed by atoms with Gasteiger partial charge in [-0.2, -0.15) is 9.98 Å². The monoisotopic (exact) mass is 250 g/mol. The van der Waals surface area contributed by atoms with Crippen molar-refractivity contribution in [1.29, 1.82) is 0 Å². The molecule has 1 unspecified atom stereocenters. The van der Waals surface area contributed by atoms with Gasteiger partial charge in [0.05, 0.1) is 5.69 Å². The molecule has 0 saturated carbocycles. The van der Waals surface area contributed by atoms with Crippen LogP contribution in [0.15, 0.2) is 64.6 Å². The van der Waals surface area contributed by atoms with Crippen LogP contribution >= 0.6 is 0 Å². The Morgan fingerprint density at radius 1 is 0.789 bits per heavy atom. The molecule has 92 valence electrons. The second kappa shape index (κ2) is 6.22. The number of nitrogens with zero attached hydrogens (tertiary/aromatic N) is 2. The molecule has 2 rings (SSSR count). The maximum atomic E-state index is 10.6. The van der Waals surface area contributed by atoms with Crippen LogP contribution in [-0.4, -0.2) is 12.2 Å². The first-order chi connectivity index (χ1) is 9.35. The molecular weight excluding hydrogens is 240 g/mol. The number of aliphatic imine (C=N–C) groups is 2. The molecule has 4 nitrogen and oxygen atoms in total. The normalized spacial score (nSPS) is 10.9. The number of carbonyl (C=O) groups excluding carboxylic acids is 2. The smallest absolute Gasteiger partial charge is 0.211 e. The Morgan fingerprint density at radius 2 is 1.42 bits per heavy atom. The Morgan fingerprint density at radius 3 is 2.00 bits per heavy atom. The van der Waals surface area contributed by atoms with E-state index in [1.54, 1.807) is 30.3 Å². The summed E-state index contributed by atoms with van der Waals surface area (Å²) in [4.78, 5) is 28.1. The summed E-state index contributed by atoms with van der Waals surface area (Å²) in [6, 6.07) is 15.9. The van der Waals surface area contributed by atoms with Crippen LogP contribution in [0.5, 0.6) is 0 Å². The fraction of sp³-hybridized carbons (Fsp3) is 0.0667. The first-order valence-electron chi connectivity index (χ1n) is 5.65. The fourth-order valence-corrected chi connectivity index (χ4v) is 1.81. The van der Waals surface area contributed by atoms with Gasteiger partial charge in [-0.15, -0.1) is 0 Å². The van der Waals surface area contributed by atoms with Crippen LogP contribution < -0.4 is 0 Å². The SMILES string of the molecule is O=C=Nc1ccc(C(N=C=O)c2ccccc2)cc1. The van der Waals surface area contributed by atoms with Crippen molar-refractivity contribution < 1.29 is 9.59 Å². The van der Waals surface area contributed by atoms with Gasteiger partial charge in [0, 0.05) is 0 Å². The van der Waals surface area contributed by atoms with Crippen molar-refractivity contribution in [3.05, 3.63) is 65.7 Å². The van der Waals surface area contributed by atoms with E-state index in [1.165, 1.54) is 6.08 Å². The minimum Gasteiger partial charge on any atom is -0.211 e. The van der Waals surface area contributed by atoms with Crippen LogP contribution in [0.1, 0.15) is 17.2 Å². The topological polar surface area (TPSA) is 58.9 Å². The molecule has 19 heavy (non-hydrogen) atoms. The largest absolute Gasteiger partial charge is 0.240 e. The minimum atomic E-state index is -0.395. The van der Waals surface area contributed by atoms with Gasteiger partial charge in [-0.1, -0.05) is 42.5 Å². The molecule has 0 bridgehead atoms. The lowest BCUT2D eigenvalue weighted by Crippen LogP contribution is -1.97. The van der Waals surface area contributed by atoms with Crippen LogP contribution in [0.25, 0.3) is 0 Å². The maximum absolute atomic E-state index is 10.6. The average Bonchev–Trinajstić information content (AvgIpc) is 2.47. The fourth-order valence-electron chi connectivity index (χ4n) is 1.81. The lowest BCUT2D eigenvalue weighted by molar-refractivity contribution is 0.560. The first kappa shape index (κ1) is 12.7. The molecule has 0 amide bonds. The Labute approximate surface area is 110 Å². The van der Waals surface area contributed by atoms with Crippen LogP contribution in [0.4, 0.5) is 5.69 Å². The number of isocyanates is 2. The quantitative estimate of drug-likeness (QED) is 0.618. The molecule has 2 aromatic carbocycles. The molecule has 0 spiro atoms. The van der Waals surface area contributed by atoms with Crippen LogP contribution in [0.3, 0.4) is 0 Å². The molecule has 0 aromatic heterocycles. The summed E-state index contributed by atoms with van der Waals surface area (Å²) in [7, 11) is 0. The second-order valence-electron chi connectivity index (χ2n) is 3.83. The standard InChI is InChI=1S/C15H10N2O2/c18-10-16-14-8-6-13(7-9-14)15(17-11-19)12-4-2-1-3-5-12/h1-9,15H. The van der Waals surface area contributed by atoms with Gasteiger partial charge >= 0.3 is 0 Å². The van der Waals surface area contributed by atoms with Crippen LogP contribution in [0, 0.1) is 0 Å². The highest BCUT2D eigenvalue weighted by molar-refractivity contribution is 5.50. The van der Waals surface area contributed by atoms with E-state index in [0.717, 1.165) is 11.1 Å². The van der Waals surface area contributed by atoms with E-state index in [1.807, 2.05) is 30.3 Å². The summed E-state index contributed by atoms with van der Waals surface area (Å²) in [6.07, 6.45) is 3.07. The molecule has 1 atom stereocenters. The molecule has 0 radical (unpaired) electrons. The Balaban J connectivity index is 2.40. The molecule has 0 aliphatic heterocycles. The number of benzene rings is 2. The minimum absolute atomic E-state index is 0.395. The Bertz CT molecular complexity index is 638. The van der Waals surface area contributed by atoms with Crippen LogP contribution in [0.2, 0.25) is 0 Å². The molecule has 0 N–H and O–H groups in total. The molecular formula is C15H10N2O2. The third-order valence-electron chi connectivity index (χ3n) is 2.68. The Hall–Kier alpha value is -2.80. The van der Waals surface area contributed by atoms with Crippen molar-refractivity contribution in [2.75, 3.05) is 0 Å². The van der Waals surface area contributed by atoms with Crippen molar-refractivity contribution in [2.24, 2.45) is 9.98 Å². The second-order valence-corrected chi connectivity index (χ2v) is 3.83. The van der Waals surface area contributed by atoms with E-state index in [9.17, 15) is 9.59 Å². The number of hydrogen-bond acceptors (Lipinski definition) is 4. The van der Waals surface area contributed by atoms with Gasteiger partial charge in [-0.3, -0.25) is 0 Å². The zero-order valence-electron chi connectivity index (χ0n) is 9.98. The van der Waals surface area contributed by atoms with Crippen molar-refractivity contribution in [1.82, 2.24) is 0 Å². The van der Waals surface area contributed by atoms with Crippen LogP contribution in [-0.2, 0) is 9.59 Å². The summed E-state index contributed by atoms with van der Waals surface area (Å²) in [5.74, 6) is 0. The molecule has 0 heterocycles. The van der Waals surface area contributed by atoms with Crippen molar-refractivity contribution in [2.45, 2.75) is 6.04 Å². The lowest BCUT2D eigenvalue weighted by atomic mass is 9.99. The zero-order valence-corrected chi connectivity index (χ0v) is 9.98. The van der Waals surface area contributed by atoms with E-state index >= 15 is 0 Å². The predicted molar refractivity (Wildman–Crippen MR) is 70.6 cm³/mol. The molecule has 0 saturated heterocycles. The average molecular weight is 250 g/mol. The Kier molecular flexibility index (Phi) is 4.14.